The van der Waals surface area contributed by atoms with Crippen LogP contribution in [0.1, 0.15) is 12.5 Å². The minimum atomic E-state index is -3.47. The van der Waals surface area contributed by atoms with Gasteiger partial charge in [0, 0.05) is 11.6 Å². The van der Waals surface area contributed by atoms with Gasteiger partial charge in [0.15, 0.2) is 0 Å². The van der Waals surface area contributed by atoms with E-state index in [0.29, 0.717) is 18.1 Å². The Hall–Kier alpha value is -1.15. The molecular weight excluding hydrogens is 350 g/mol. The molecule has 134 valence electrons. The summed E-state index contributed by atoms with van der Waals surface area (Å²) in [6.45, 7) is 6.42. The Morgan fingerprint density at radius 1 is 1.25 bits per heavy atom. The maximum atomic E-state index is 12.5. The molecule has 1 N–H and O–H groups in total. The van der Waals surface area contributed by atoms with E-state index in [1.54, 1.807) is 29.2 Å². The van der Waals surface area contributed by atoms with E-state index < -0.39 is 10.0 Å². The molecule has 0 spiro atoms. The smallest absolute Gasteiger partial charge is 0.238 e. The van der Waals surface area contributed by atoms with Gasteiger partial charge in [-0.1, -0.05) is 23.7 Å². The Kier molecular flexibility index (Phi) is 6.62. The van der Waals surface area contributed by atoms with Crippen LogP contribution in [0.15, 0.2) is 24.3 Å². The minimum absolute atomic E-state index is 0.122. The summed E-state index contributed by atoms with van der Waals surface area (Å²) in [6, 6.07) is 6.97. The van der Waals surface area contributed by atoms with Crippen LogP contribution in [-0.2, 0) is 21.4 Å². The molecule has 1 aromatic carbocycles. The van der Waals surface area contributed by atoms with E-state index in [9.17, 15) is 13.2 Å². The number of likely N-dealkylation sites (N-methyl/N-ethyl adjacent to an activating group) is 1. The Bertz CT molecular complexity index is 656. The van der Waals surface area contributed by atoms with Crippen molar-refractivity contribution in [2.75, 3.05) is 45.5 Å². The van der Waals surface area contributed by atoms with Crippen LogP contribution >= 0.6 is 11.6 Å². The van der Waals surface area contributed by atoms with Crippen molar-refractivity contribution in [2.24, 2.45) is 0 Å². The standard InChI is InChI=1S/C16H24ClN3O3S/c1-3-18-8-10-19(11-9-18)16(21)13-20(24(2,22)23)12-14-4-6-15(17)7-5-14/h4-7H,3,8-13H2,1-2H3/p+1. The highest BCUT2D eigenvalue weighted by Gasteiger charge is 2.27. The molecule has 0 aliphatic carbocycles. The third-order valence-electron chi connectivity index (χ3n) is 4.38. The second kappa shape index (κ2) is 8.29. The number of hydrogen-bond donors (Lipinski definition) is 1. The summed E-state index contributed by atoms with van der Waals surface area (Å²) in [4.78, 5) is 15.7. The molecule has 2 rings (SSSR count). The molecule has 0 aromatic heterocycles. The second-order valence-electron chi connectivity index (χ2n) is 6.14. The van der Waals surface area contributed by atoms with E-state index >= 15 is 0 Å². The number of nitrogens with zero attached hydrogens (tertiary/aromatic N) is 2. The lowest BCUT2D eigenvalue weighted by atomic mass is 10.2. The van der Waals surface area contributed by atoms with Gasteiger partial charge < -0.3 is 9.80 Å². The van der Waals surface area contributed by atoms with Gasteiger partial charge in [-0.25, -0.2) is 8.42 Å². The van der Waals surface area contributed by atoms with E-state index in [-0.39, 0.29) is 19.0 Å². The van der Waals surface area contributed by atoms with Crippen LogP contribution in [0.5, 0.6) is 0 Å². The van der Waals surface area contributed by atoms with Gasteiger partial charge in [-0.05, 0) is 24.6 Å². The van der Waals surface area contributed by atoms with Crippen molar-refractivity contribution < 1.29 is 18.1 Å². The molecule has 1 aliphatic rings. The van der Waals surface area contributed by atoms with Gasteiger partial charge in [0.05, 0.1) is 45.5 Å². The van der Waals surface area contributed by atoms with E-state index in [0.717, 1.165) is 31.5 Å². The first-order valence-corrected chi connectivity index (χ1v) is 10.3. The normalized spacial score (nSPS) is 16.6. The van der Waals surface area contributed by atoms with E-state index in [4.69, 9.17) is 11.6 Å². The second-order valence-corrected chi connectivity index (χ2v) is 8.56. The van der Waals surface area contributed by atoms with Crippen molar-refractivity contribution in [3.8, 4) is 0 Å². The van der Waals surface area contributed by atoms with Gasteiger partial charge >= 0.3 is 0 Å². The fraction of sp³-hybridized carbons (Fsp3) is 0.562. The number of carbonyl (C=O) groups excluding carboxylic acids is 1. The summed E-state index contributed by atoms with van der Waals surface area (Å²) in [5, 5.41) is 0.594. The third-order valence-corrected chi connectivity index (χ3v) is 5.82. The lowest BCUT2D eigenvalue weighted by Gasteiger charge is -2.32. The summed E-state index contributed by atoms with van der Waals surface area (Å²) < 4.78 is 25.3. The van der Waals surface area contributed by atoms with Gasteiger partial charge in [-0.2, -0.15) is 4.31 Å². The van der Waals surface area contributed by atoms with Crippen molar-refractivity contribution >= 4 is 27.5 Å². The van der Waals surface area contributed by atoms with Gasteiger partial charge in [-0.15, -0.1) is 0 Å². The number of benzene rings is 1. The number of piperazine rings is 1. The number of nitrogens with one attached hydrogen (secondary N) is 1. The zero-order valence-corrected chi connectivity index (χ0v) is 15.7. The zero-order valence-electron chi connectivity index (χ0n) is 14.2. The molecule has 8 heteroatoms. The summed E-state index contributed by atoms with van der Waals surface area (Å²) in [5.74, 6) is -0.135. The maximum Gasteiger partial charge on any atom is 0.238 e. The number of quaternary nitrogens is 1. The zero-order chi connectivity index (χ0) is 17.7. The van der Waals surface area contributed by atoms with Crippen LogP contribution in [-0.4, -0.2) is 69.1 Å². The number of carbonyl (C=O) groups is 1. The monoisotopic (exact) mass is 374 g/mol. The Labute approximate surface area is 149 Å². The van der Waals surface area contributed by atoms with Crippen molar-refractivity contribution in [2.45, 2.75) is 13.5 Å². The molecule has 1 amide bonds. The first-order valence-electron chi connectivity index (χ1n) is 8.10. The quantitative estimate of drug-likeness (QED) is 0.753. The van der Waals surface area contributed by atoms with Gasteiger partial charge in [0.2, 0.25) is 15.9 Å². The molecule has 1 saturated heterocycles. The first kappa shape index (κ1) is 19.2. The molecule has 0 atom stereocenters. The van der Waals surface area contributed by atoms with Crippen LogP contribution in [0.2, 0.25) is 5.02 Å². The number of rotatable bonds is 6. The topological polar surface area (TPSA) is 62.1 Å². The molecule has 1 aromatic rings. The van der Waals surface area contributed by atoms with Crippen LogP contribution in [0.4, 0.5) is 0 Å². The first-order chi connectivity index (χ1) is 11.3. The molecule has 24 heavy (non-hydrogen) atoms. The summed E-state index contributed by atoms with van der Waals surface area (Å²) in [6.07, 6.45) is 1.13. The Morgan fingerprint density at radius 2 is 1.83 bits per heavy atom. The number of amides is 1. The third kappa shape index (κ3) is 5.44. The molecule has 0 unspecified atom stereocenters. The molecule has 0 saturated carbocycles. The minimum Gasteiger partial charge on any atom is -0.332 e. The maximum absolute atomic E-state index is 12.5. The molecule has 1 heterocycles. The average Bonchev–Trinajstić information content (AvgIpc) is 2.55. The molecule has 6 nitrogen and oxygen atoms in total. The number of hydrogen-bond acceptors (Lipinski definition) is 3. The van der Waals surface area contributed by atoms with Gasteiger partial charge in [0.1, 0.15) is 0 Å². The number of sulfonamides is 1. The SMILES string of the molecule is CC[NH+]1CCN(C(=O)CN(Cc2ccc(Cl)cc2)S(C)(=O)=O)CC1. The molecule has 1 fully saturated rings. The molecule has 1 aliphatic heterocycles. The van der Waals surface area contributed by atoms with Crippen LogP contribution < -0.4 is 4.90 Å². The largest absolute Gasteiger partial charge is 0.332 e. The summed E-state index contributed by atoms with van der Waals surface area (Å²) in [5.41, 5.74) is 0.804. The van der Waals surface area contributed by atoms with Gasteiger partial charge in [0.25, 0.3) is 0 Å². The lowest BCUT2D eigenvalue weighted by molar-refractivity contribution is -0.902. The summed E-state index contributed by atoms with van der Waals surface area (Å²) >= 11 is 5.85. The fourth-order valence-electron chi connectivity index (χ4n) is 2.76. The number of halogens is 1. The van der Waals surface area contributed by atoms with Crippen LogP contribution in [0, 0.1) is 0 Å². The predicted octanol–water partition coefficient (Wildman–Crippen LogP) is -0.151. The van der Waals surface area contributed by atoms with Crippen molar-refractivity contribution in [1.82, 2.24) is 9.21 Å². The molecular formula is C16H25ClN3O3S+. The van der Waals surface area contributed by atoms with Gasteiger partial charge in [-0.3, -0.25) is 4.79 Å². The van der Waals surface area contributed by atoms with E-state index in [1.165, 1.54) is 9.21 Å². The Morgan fingerprint density at radius 3 is 2.33 bits per heavy atom. The average molecular weight is 375 g/mol. The summed E-state index contributed by atoms with van der Waals surface area (Å²) in [7, 11) is -3.47. The highest BCUT2D eigenvalue weighted by Crippen LogP contribution is 2.13. The van der Waals surface area contributed by atoms with E-state index in [2.05, 4.69) is 6.92 Å². The molecule has 0 bridgehead atoms. The predicted molar refractivity (Wildman–Crippen MR) is 94.5 cm³/mol. The highest BCUT2D eigenvalue weighted by atomic mass is 35.5. The van der Waals surface area contributed by atoms with E-state index in [1.807, 2.05) is 0 Å². The lowest BCUT2D eigenvalue weighted by Crippen LogP contribution is -3.14. The van der Waals surface area contributed by atoms with Crippen LogP contribution in [0.25, 0.3) is 0 Å². The van der Waals surface area contributed by atoms with Crippen molar-refractivity contribution in [3.63, 3.8) is 0 Å². The van der Waals surface area contributed by atoms with Crippen molar-refractivity contribution in [1.29, 1.82) is 0 Å². The van der Waals surface area contributed by atoms with Crippen LogP contribution in [0.3, 0.4) is 0 Å². The Balaban J connectivity index is 2.01. The fourth-order valence-corrected chi connectivity index (χ4v) is 3.62. The highest BCUT2D eigenvalue weighted by molar-refractivity contribution is 7.88. The molecule has 0 radical (unpaired) electrons. The van der Waals surface area contributed by atoms with Crippen molar-refractivity contribution in [3.05, 3.63) is 34.9 Å².